The van der Waals surface area contributed by atoms with E-state index in [1.54, 1.807) is 0 Å². The van der Waals surface area contributed by atoms with E-state index in [2.05, 4.69) is 91.5 Å². The Bertz CT molecular complexity index is 1430. The first-order valence-electron chi connectivity index (χ1n) is 17.0. The second-order valence-corrected chi connectivity index (χ2v) is 13.0. The molecule has 0 spiro atoms. The Labute approximate surface area is 275 Å². The van der Waals surface area contributed by atoms with Crippen LogP contribution in [-0.2, 0) is 20.8 Å². The fourth-order valence-electron chi connectivity index (χ4n) is 6.18. The molecule has 2 aliphatic heterocycles. The van der Waals surface area contributed by atoms with Gasteiger partial charge in [-0.2, -0.15) is 0 Å². The standard InChI is InChI=1S/C39H51N3O4/c1-5-20-44-22-23-46-37-15-10-31(11-16-37)32-12-17-38-34(24-32)25-33(18-19-42(38)26-29(2)3)39(43)40-35-13-8-30(9-14-35)27-41(4)36-7-6-21-45-28-36/h8-17,24-25,29,36H,5-7,18-23,26-28H2,1-4H3,(H,40,43). The zero-order chi connectivity index (χ0) is 32.3. The van der Waals surface area contributed by atoms with E-state index >= 15 is 0 Å². The fraction of sp³-hybridized carbons (Fsp3) is 0.462. The number of carbonyl (C=O) groups excluding carboxylic acids is 1. The average Bonchev–Trinajstić information content (AvgIpc) is 3.25. The number of ether oxygens (including phenoxy) is 3. The van der Waals surface area contributed by atoms with Crippen molar-refractivity contribution in [2.24, 2.45) is 5.92 Å². The molecule has 246 valence electrons. The van der Waals surface area contributed by atoms with Crippen LogP contribution in [0.25, 0.3) is 17.2 Å². The molecule has 2 heterocycles. The number of hydrogen-bond donors (Lipinski definition) is 1. The quantitative estimate of drug-likeness (QED) is 0.186. The highest BCUT2D eigenvalue weighted by Crippen LogP contribution is 2.34. The Morgan fingerprint density at radius 2 is 1.80 bits per heavy atom. The predicted molar refractivity (Wildman–Crippen MR) is 189 cm³/mol. The van der Waals surface area contributed by atoms with Gasteiger partial charge in [-0.15, -0.1) is 0 Å². The van der Waals surface area contributed by atoms with Gasteiger partial charge in [0.2, 0.25) is 0 Å². The van der Waals surface area contributed by atoms with Gasteiger partial charge in [0.05, 0.1) is 13.2 Å². The molecule has 0 saturated carbocycles. The first-order valence-corrected chi connectivity index (χ1v) is 17.0. The van der Waals surface area contributed by atoms with Crippen molar-refractivity contribution in [3.8, 4) is 16.9 Å². The number of benzene rings is 3. The molecule has 1 atom stereocenters. The molecule has 1 amide bonds. The van der Waals surface area contributed by atoms with Crippen LogP contribution >= 0.6 is 0 Å². The third kappa shape index (κ3) is 9.44. The number of anilines is 2. The Kier molecular flexibility index (Phi) is 12.3. The average molecular weight is 626 g/mol. The van der Waals surface area contributed by atoms with Crippen LogP contribution in [0.15, 0.2) is 72.3 Å². The Morgan fingerprint density at radius 3 is 2.52 bits per heavy atom. The summed E-state index contributed by atoms with van der Waals surface area (Å²) in [7, 11) is 2.16. The predicted octanol–water partition coefficient (Wildman–Crippen LogP) is 7.66. The van der Waals surface area contributed by atoms with Crippen molar-refractivity contribution in [2.75, 3.05) is 63.4 Å². The highest BCUT2D eigenvalue weighted by Gasteiger charge is 2.22. The molecular weight excluding hydrogens is 574 g/mol. The minimum atomic E-state index is -0.0450. The van der Waals surface area contributed by atoms with Crippen LogP contribution in [-0.4, -0.2) is 70.0 Å². The van der Waals surface area contributed by atoms with Gasteiger partial charge in [0, 0.05) is 55.8 Å². The summed E-state index contributed by atoms with van der Waals surface area (Å²) >= 11 is 0. The maximum Gasteiger partial charge on any atom is 0.251 e. The minimum absolute atomic E-state index is 0.0450. The van der Waals surface area contributed by atoms with Gasteiger partial charge in [-0.1, -0.05) is 51.1 Å². The van der Waals surface area contributed by atoms with E-state index in [0.717, 1.165) is 86.0 Å². The van der Waals surface area contributed by atoms with E-state index in [9.17, 15) is 4.79 Å². The Morgan fingerprint density at radius 1 is 1.02 bits per heavy atom. The maximum absolute atomic E-state index is 13.6. The van der Waals surface area contributed by atoms with Crippen molar-refractivity contribution >= 4 is 23.4 Å². The molecule has 0 bridgehead atoms. The number of rotatable bonds is 14. The van der Waals surface area contributed by atoms with Crippen LogP contribution in [0.3, 0.4) is 0 Å². The van der Waals surface area contributed by atoms with E-state index in [1.807, 2.05) is 24.3 Å². The van der Waals surface area contributed by atoms with Crippen molar-refractivity contribution in [1.82, 2.24) is 4.90 Å². The topological polar surface area (TPSA) is 63.3 Å². The number of amides is 1. The lowest BCUT2D eigenvalue weighted by Crippen LogP contribution is -2.37. The van der Waals surface area contributed by atoms with Gasteiger partial charge >= 0.3 is 0 Å². The van der Waals surface area contributed by atoms with Crippen molar-refractivity contribution < 1.29 is 19.0 Å². The smallest absolute Gasteiger partial charge is 0.251 e. The molecule has 1 fully saturated rings. The van der Waals surface area contributed by atoms with Gasteiger partial charge in [0.1, 0.15) is 12.4 Å². The molecule has 3 aromatic carbocycles. The molecule has 0 radical (unpaired) electrons. The highest BCUT2D eigenvalue weighted by molar-refractivity contribution is 6.07. The summed E-state index contributed by atoms with van der Waals surface area (Å²) in [5.41, 5.74) is 7.29. The molecule has 46 heavy (non-hydrogen) atoms. The minimum Gasteiger partial charge on any atom is -0.491 e. The molecule has 1 N–H and O–H groups in total. The molecule has 7 nitrogen and oxygen atoms in total. The Hall–Kier alpha value is -3.65. The lowest BCUT2D eigenvalue weighted by atomic mass is 10.00. The van der Waals surface area contributed by atoms with E-state index < -0.39 is 0 Å². The van der Waals surface area contributed by atoms with Crippen LogP contribution in [0.5, 0.6) is 5.75 Å². The Balaban J connectivity index is 1.28. The van der Waals surface area contributed by atoms with E-state index in [0.29, 0.717) is 31.6 Å². The third-order valence-corrected chi connectivity index (χ3v) is 8.66. The van der Waals surface area contributed by atoms with Gasteiger partial charge in [-0.25, -0.2) is 0 Å². The summed E-state index contributed by atoms with van der Waals surface area (Å²) < 4.78 is 17.0. The molecular formula is C39H51N3O4. The van der Waals surface area contributed by atoms with Crippen molar-refractivity contribution in [3.63, 3.8) is 0 Å². The zero-order valence-electron chi connectivity index (χ0n) is 28.1. The van der Waals surface area contributed by atoms with Gasteiger partial charge in [-0.05, 0) is 103 Å². The monoisotopic (exact) mass is 625 g/mol. The van der Waals surface area contributed by atoms with Crippen LogP contribution in [0, 0.1) is 5.92 Å². The maximum atomic E-state index is 13.6. The highest BCUT2D eigenvalue weighted by atomic mass is 16.5. The first-order chi connectivity index (χ1) is 22.4. The van der Waals surface area contributed by atoms with Crippen LogP contribution in [0.4, 0.5) is 11.4 Å². The summed E-state index contributed by atoms with van der Waals surface area (Å²) in [6, 6.07) is 23.5. The lowest BCUT2D eigenvalue weighted by molar-refractivity contribution is -0.112. The number of fused-ring (bicyclic) bond motifs is 1. The number of carbonyl (C=O) groups is 1. The van der Waals surface area contributed by atoms with Gasteiger partial charge in [0.25, 0.3) is 5.91 Å². The molecule has 2 aliphatic rings. The molecule has 0 aliphatic carbocycles. The number of nitrogens with one attached hydrogen (secondary N) is 1. The summed E-state index contributed by atoms with van der Waals surface area (Å²) in [5, 5.41) is 3.17. The second kappa shape index (κ2) is 16.8. The summed E-state index contributed by atoms with van der Waals surface area (Å²) in [5.74, 6) is 1.29. The molecule has 1 saturated heterocycles. The van der Waals surface area contributed by atoms with Crippen molar-refractivity contribution in [3.05, 3.63) is 83.4 Å². The van der Waals surface area contributed by atoms with Crippen LogP contribution in [0.2, 0.25) is 0 Å². The van der Waals surface area contributed by atoms with Crippen molar-refractivity contribution in [2.45, 2.75) is 59.0 Å². The summed E-state index contributed by atoms with van der Waals surface area (Å²) in [4.78, 5) is 18.4. The molecule has 3 aromatic rings. The number of nitrogens with zero attached hydrogens (tertiary/aromatic N) is 2. The van der Waals surface area contributed by atoms with Gasteiger partial charge in [0.15, 0.2) is 0 Å². The first kappa shape index (κ1) is 33.7. The van der Waals surface area contributed by atoms with Gasteiger partial charge in [-0.3, -0.25) is 9.69 Å². The number of hydrogen-bond acceptors (Lipinski definition) is 6. The lowest BCUT2D eigenvalue weighted by Gasteiger charge is -2.31. The van der Waals surface area contributed by atoms with E-state index in [-0.39, 0.29) is 5.91 Å². The molecule has 7 heteroatoms. The summed E-state index contributed by atoms with van der Waals surface area (Å²) in [6.45, 7) is 12.7. The normalized spacial score (nSPS) is 16.6. The summed E-state index contributed by atoms with van der Waals surface area (Å²) in [6.07, 6.45) is 6.07. The third-order valence-electron chi connectivity index (χ3n) is 8.66. The fourth-order valence-corrected chi connectivity index (χ4v) is 6.18. The molecule has 1 unspecified atom stereocenters. The van der Waals surface area contributed by atoms with Crippen molar-refractivity contribution in [1.29, 1.82) is 0 Å². The second-order valence-electron chi connectivity index (χ2n) is 13.0. The van der Waals surface area contributed by atoms with Gasteiger partial charge < -0.3 is 24.4 Å². The number of likely N-dealkylation sites (N-methyl/N-ethyl adjacent to an activating group) is 1. The zero-order valence-corrected chi connectivity index (χ0v) is 28.1. The molecule has 0 aromatic heterocycles. The van der Waals surface area contributed by atoms with E-state index in [4.69, 9.17) is 14.2 Å². The van der Waals surface area contributed by atoms with Crippen LogP contribution in [0.1, 0.15) is 57.6 Å². The van der Waals surface area contributed by atoms with Crippen LogP contribution < -0.4 is 15.0 Å². The SMILES string of the molecule is CCCOCCOc1ccc(-c2ccc3c(c2)C=C(C(=O)Nc2ccc(CN(C)C4CCCOC4)cc2)CCN3CC(C)C)cc1. The largest absolute Gasteiger partial charge is 0.491 e. The van der Waals surface area contributed by atoms with E-state index in [1.165, 1.54) is 17.7 Å². The molecule has 5 rings (SSSR count).